The molecular formula is C15H20N4O3. The van der Waals surface area contributed by atoms with Gasteiger partial charge in [-0.1, -0.05) is 6.07 Å². The molecule has 0 radical (unpaired) electrons. The summed E-state index contributed by atoms with van der Waals surface area (Å²) < 4.78 is 10.1. The quantitative estimate of drug-likeness (QED) is 0.862. The molecule has 3 heterocycles. The number of likely N-dealkylation sites (tertiary alicyclic amines) is 1. The third kappa shape index (κ3) is 2.72. The van der Waals surface area contributed by atoms with Crippen LogP contribution in [0.1, 0.15) is 5.56 Å². The number of nitrogens with zero attached hydrogens (tertiary/aromatic N) is 4. The molecule has 0 aliphatic carbocycles. The lowest BCUT2D eigenvalue weighted by Crippen LogP contribution is -2.48. The molecule has 22 heavy (non-hydrogen) atoms. The Kier molecular flexibility index (Phi) is 3.79. The largest absolute Gasteiger partial charge is 0.390 e. The van der Waals surface area contributed by atoms with Crippen molar-refractivity contribution in [2.24, 2.45) is 0 Å². The van der Waals surface area contributed by atoms with Crippen molar-refractivity contribution in [3.63, 3.8) is 0 Å². The normalized spacial score (nSPS) is 27.7. The third-order valence-corrected chi connectivity index (χ3v) is 4.57. The fourth-order valence-electron chi connectivity index (χ4n) is 3.43. The first-order valence-corrected chi connectivity index (χ1v) is 7.73. The van der Waals surface area contributed by atoms with Gasteiger partial charge in [0.05, 0.1) is 19.3 Å². The summed E-state index contributed by atoms with van der Waals surface area (Å²) >= 11 is 0. The molecule has 0 saturated carbocycles. The summed E-state index contributed by atoms with van der Waals surface area (Å²) in [7, 11) is 0. The predicted molar refractivity (Wildman–Crippen MR) is 79.3 cm³/mol. The Morgan fingerprint density at radius 2 is 1.95 bits per heavy atom. The van der Waals surface area contributed by atoms with Crippen LogP contribution in [0.2, 0.25) is 0 Å². The molecule has 118 valence electrons. The summed E-state index contributed by atoms with van der Waals surface area (Å²) in [6.07, 6.45) is -0.296. The van der Waals surface area contributed by atoms with Crippen molar-refractivity contribution in [2.45, 2.75) is 18.7 Å². The van der Waals surface area contributed by atoms with E-state index in [1.165, 1.54) is 0 Å². The fraction of sp³-hybridized carbons (Fsp3) is 0.600. The van der Waals surface area contributed by atoms with Gasteiger partial charge in [0.2, 0.25) is 0 Å². The van der Waals surface area contributed by atoms with E-state index in [9.17, 15) is 5.11 Å². The lowest BCUT2D eigenvalue weighted by atomic mass is 10.1. The maximum absolute atomic E-state index is 10.4. The summed E-state index contributed by atoms with van der Waals surface area (Å²) in [6, 6.07) is 6.18. The molecule has 2 atom stereocenters. The second kappa shape index (κ2) is 5.92. The molecule has 2 aliphatic rings. The monoisotopic (exact) mass is 304 g/mol. The summed E-state index contributed by atoms with van der Waals surface area (Å²) in [4.78, 5) is 4.64. The van der Waals surface area contributed by atoms with Gasteiger partial charge in [-0.15, -0.1) is 0 Å². The number of hydrogen-bond acceptors (Lipinski definition) is 7. The van der Waals surface area contributed by atoms with Crippen LogP contribution in [0.15, 0.2) is 22.8 Å². The molecule has 1 N–H and O–H groups in total. The lowest BCUT2D eigenvalue weighted by molar-refractivity contribution is -0.00618. The van der Waals surface area contributed by atoms with Crippen LogP contribution >= 0.6 is 0 Å². The van der Waals surface area contributed by atoms with E-state index in [0.29, 0.717) is 6.54 Å². The maximum Gasteiger partial charge on any atom is 0.135 e. The number of fused-ring (bicyclic) bond motifs is 1. The molecule has 0 bridgehead atoms. The second-order valence-electron chi connectivity index (χ2n) is 6.06. The van der Waals surface area contributed by atoms with Gasteiger partial charge in [-0.25, -0.2) is 4.63 Å². The Balaban J connectivity index is 1.42. The molecule has 1 aromatic heterocycles. The molecule has 4 rings (SSSR count). The zero-order valence-corrected chi connectivity index (χ0v) is 12.4. The highest BCUT2D eigenvalue weighted by atomic mass is 16.6. The van der Waals surface area contributed by atoms with Gasteiger partial charge in [-0.3, -0.25) is 9.80 Å². The van der Waals surface area contributed by atoms with E-state index in [-0.39, 0.29) is 12.1 Å². The molecule has 7 nitrogen and oxygen atoms in total. The average Bonchev–Trinajstić information content (AvgIpc) is 3.14. The van der Waals surface area contributed by atoms with Crippen molar-refractivity contribution < 1.29 is 14.5 Å². The Labute approximate surface area is 128 Å². The highest BCUT2D eigenvalue weighted by Crippen LogP contribution is 2.21. The van der Waals surface area contributed by atoms with E-state index >= 15 is 0 Å². The minimum atomic E-state index is -0.296. The van der Waals surface area contributed by atoms with Crippen LogP contribution in [0.3, 0.4) is 0 Å². The molecule has 0 spiro atoms. The Bertz CT molecular complexity index is 641. The van der Waals surface area contributed by atoms with Crippen molar-refractivity contribution in [3.05, 3.63) is 23.8 Å². The zero-order chi connectivity index (χ0) is 14.9. The van der Waals surface area contributed by atoms with Crippen LogP contribution in [0.5, 0.6) is 0 Å². The standard InChI is InChI=1S/C15H20N4O3/c20-15-10-18(9-14(15)19-3-5-21-6-4-19)8-11-1-2-12-13(7-11)17-22-16-12/h1-2,7,14-15,20H,3-6,8-10H2/t14-,15-/m0/s1. The summed E-state index contributed by atoms with van der Waals surface area (Å²) in [5.74, 6) is 0. The van der Waals surface area contributed by atoms with Gasteiger partial charge in [0.1, 0.15) is 11.0 Å². The summed E-state index contributed by atoms with van der Waals surface area (Å²) in [6.45, 7) is 5.74. The molecule has 0 unspecified atom stereocenters. The number of aromatic nitrogens is 2. The van der Waals surface area contributed by atoms with Gasteiger partial charge in [0, 0.05) is 38.8 Å². The molecule has 7 heteroatoms. The average molecular weight is 304 g/mol. The SMILES string of the molecule is O[C@H]1CN(Cc2ccc3nonc3c2)C[C@@H]1N1CCOCC1. The van der Waals surface area contributed by atoms with Gasteiger partial charge in [0.25, 0.3) is 0 Å². The molecular weight excluding hydrogens is 284 g/mol. The lowest BCUT2D eigenvalue weighted by Gasteiger charge is -2.33. The van der Waals surface area contributed by atoms with E-state index in [2.05, 4.69) is 20.1 Å². The van der Waals surface area contributed by atoms with Crippen LogP contribution in [0, 0.1) is 0 Å². The van der Waals surface area contributed by atoms with Crippen molar-refractivity contribution >= 4 is 11.0 Å². The number of β-amino-alcohol motifs (C(OH)–C–C–N with tert-alkyl or cyclic N) is 1. The molecule has 2 aromatic rings. The van der Waals surface area contributed by atoms with Crippen LogP contribution in [0.4, 0.5) is 0 Å². The minimum absolute atomic E-state index is 0.210. The number of aliphatic hydroxyl groups excluding tert-OH is 1. The van der Waals surface area contributed by atoms with Gasteiger partial charge in [-0.2, -0.15) is 0 Å². The van der Waals surface area contributed by atoms with Gasteiger partial charge in [-0.05, 0) is 28.0 Å². The van der Waals surface area contributed by atoms with Gasteiger partial charge < -0.3 is 9.84 Å². The van der Waals surface area contributed by atoms with E-state index in [1.54, 1.807) is 0 Å². The maximum atomic E-state index is 10.4. The van der Waals surface area contributed by atoms with E-state index in [0.717, 1.165) is 56.0 Å². The predicted octanol–water partition coefficient (Wildman–Crippen LogP) is 0.100. The van der Waals surface area contributed by atoms with E-state index in [1.807, 2.05) is 18.2 Å². The van der Waals surface area contributed by atoms with Crippen molar-refractivity contribution in [1.82, 2.24) is 20.1 Å². The van der Waals surface area contributed by atoms with Crippen molar-refractivity contribution in [3.8, 4) is 0 Å². The first-order chi connectivity index (χ1) is 10.8. The Morgan fingerprint density at radius 1 is 1.14 bits per heavy atom. The first-order valence-electron chi connectivity index (χ1n) is 7.73. The minimum Gasteiger partial charge on any atom is -0.390 e. The molecule has 0 amide bonds. The van der Waals surface area contributed by atoms with Crippen molar-refractivity contribution in [1.29, 1.82) is 0 Å². The van der Waals surface area contributed by atoms with Crippen molar-refractivity contribution in [2.75, 3.05) is 39.4 Å². The topological polar surface area (TPSA) is 74.9 Å². The number of ether oxygens (including phenoxy) is 1. The number of hydrogen-bond donors (Lipinski definition) is 1. The molecule has 1 aromatic carbocycles. The third-order valence-electron chi connectivity index (χ3n) is 4.57. The van der Waals surface area contributed by atoms with Gasteiger partial charge >= 0.3 is 0 Å². The summed E-state index contributed by atoms with van der Waals surface area (Å²) in [5, 5.41) is 18.1. The van der Waals surface area contributed by atoms with Crippen LogP contribution in [-0.2, 0) is 11.3 Å². The smallest absolute Gasteiger partial charge is 0.135 e. The molecule has 2 aliphatic heterocycles. The van der Waals surface area contributed by atoms with Crippen LogP contribution in [0.25, 0.3) is 11.0 Å². The van der Waals surface area contributed by atoms with Crippen LogP contribution in [-0.4, -0.2) is 76.8 Å². The number of rotatable bonds is 3. The number of aliphatic hydroxyl groups is 1. The Morgan fingerprint density at radius 3 is 2.82 bits per heavy atom. The van der Waals surface area contributed by atoms with E-state index < -0.39 is 0 Å². The first kappa shape index (κ1) is 14.1. The van der Waals surface area contributed by atoms with Gasteiger partial charge in [0.15, 0.2) is 0 Å². The zero-order valence-electron chi connectivity index (χ0n) is 12.4. The number of benzene rings is 1. The highest BCUT2D eigenvalue weighted by molar-refractivity contribution is 5.73. The Hall–Kier alpha value is -1.54. The molecule has 2 saturated heterocycles. The second-order valence-corrected chi connectivity index (χ2v) is 6.06. The van der Waals surface area contributed by atoms with Crippen LogP contribution < -0.4 is 0 Å². The fourth-order valence-corrected chi connectivity index (χ4v) is 3.43. The highest BCUT2D eigenvalue weighted by Gasteiger charge is 2.35. The molecule has 2 fully saturated rings. The van der Waals surface area contributed by atoms with E-state index in [4.69, 9.17) is 9.37 Å². The number of morpholine rings is 1. The summed E-state index contributed by atoms with van der Waals surface area (Å²) in [5.41, 5.74) is 2.72.